The number of halogens is 3. The van der Waals surface area contributed by atoms with E-state index in [2.05, 4.69) is 0 Å². The molecular weight excluding hydrogens is 329 g/mol. The number of benzene rings is 2. The third-order valence-corrected chi connectivity index (χ3v) is 4.25. The van der Waals surface area contributed by atoms with Crippen molar-refractivity contribution in [2.24, 2.45) is 0 Å². The molecule has 0 heterocycles. The van der Waals surface area contributed by atoms with Crippen LogP contribution in [-0.4, -0.2) is 36.3 Å². The summed E-state index contributed by atoms with van der Waals surface area (Å²) in [4.78, 5) is 15.4. The van der Waals surface area contributed by atoms with Gasteiger partial charge in [0.25, 0.3) is 0 Å². The van der Waals surface area contributed by atoms with E-state index >= 15 is 0 Å². The molecule has 1 amide bonds. The third-order valence-electron chi connectivity index (χ3n) is 4.25. The molecule has 0 saturated heterocycles. The lowest BCUT2D eigenvalue weighted by atomic mass is 10.1. The van der Waals surface area contributed by atoms with Crippen molar-refractivity contribution in [3.05, 3.63) is 71.0 Å². The van der Waals surface area contributed by atoms with E-state index in [1.807, 2.05) is 0 Å². The average Bonchev–Trinajstić information content (AvgIpc) is 2.58. The van der Waals surface area contributed by atoms with Crippen LogP contribution in [-0.2, 0) is 11.3 Å². The molecule has 0 bridgehead atoms. The van der Waals surface area contributed by atoms with E-state index in [0.29, 0.717) is 5.56 Å². The molecule has 1 unspecified atom stereocenters. The summed E-state index contributed by atoms with van der Waals surface area (Å²) < 4.78 is 40.9. The van der Waals surface area contributed by atoms with Crippen LogP contribution in [0.4, 0.5) is 13.2 Å². The Morgan fingerprint density at radius 2 is 1.72 bits per heavy atom. The van der Waals surface area contributed by atoms with Crippen LogP contribution in [0.25, 0.3) is 0 Å². The van der Waals surface area contributed by atoms with Gasteiger partial charge in [-0.1, -0.05) is 18.2 Å². The summed E-state index contributed by atoms with van der Waals surface area (Å²) in [6, 6.07) is 9.02. The molecule has 0 aliphatic heterocycles. The average molecular weight is 350 g/mol. The van der Waals surface area contributed by atoms with Gasteiger partial charge in [0.05, 0.1) is 6.54 Å². The molecular formula is C19H21F3N2O. The Balaban J connectivity index is 2.01. The lowest BCUT2D eigenvalue weighted by Gasteiger charge is -2.27. The molecule has 0 N–H and O–H groups in total. The minimum Gasteiger partial charge on any atom is -0.340 e. The highest BCUT2D eigenvalue weighted by atomic mass is 19.1. The predicted octanol–water partition coefficient (Wildman–Crippen LogP) is 3.76. The lowest BCUT2D eigenvalue weighted by molar-refractivity contribution is -0.131. The number of rotatable bonds is 6. The van der Waals surface area contributed by atoms with E-state index in [0.717, 1.165) is 18.2 Å². The Kier molecular flexibility index (Phi) is 6.20. The minimum atomic E-state index is -0.528. The number of hydrogen-bond acceptors (Lipinski definition) is 2. The van der Waals surface area contributed by atoms with E-state index in [-0.39, 0.29) is 30.4 Å². The minimum absolute atomic E-state index is 0.00206. The van der Waals surface area contributed by atoms with Crippen LogP contribution in [0.3, 0.4) is 0 Å². The van der Waals surface area contributed by atoms with Gasteiger partial charge in [-0.2, -0.15) is 0 Å². The molecule has 0 fully saturated rings. The van der Waals surface area contributed by atoms with Crippen molar-refractivity contribution in [2.45, 2.75) is 19.5 Å². The first-order valence-electron chi connectivity index (χ1n) is 7.92. The highest BCUT2D eigenvalue weighted by molar-refractivity contribution is 5.78. The smallest absolute Gasteiger partial charge is 0.236 e. The van der Waals surface area contributed by atoms with Gasteiger partial charge >= 0.3 is 0 Å². The van der Waals surface area contributed by atoms with Crippen molar-refractivity contribution in [1.29, 1.82) is 0 Å². The predicted molar refractivity (Wildman–Crippen MR) is 90.3 cm³/mol. The van der Waals surface area contributed by atoms with E-state index in [1.165, 1.54) is 11.0 Å². The summed E-state index contributed by atoms with van der Waals surface area (Å²) in [6.07, 6.45) is 0. The number of carbonyl (C=O) groups excluding carboxylic acids is 1. The number of carbonyl (C=O) groups is 1. The van der Waals surface area contributed by atoms with Crippen molar-refractivity contribution >= 4 is 5.91 Å². The van der Waals surface area contributed by atoms with E-state index < -0.39 is 17.7 Å². The van der Waals surface area contributed by atoms with Gasteiger partial charge in [0.2, 0.25) is 5.91 Å². The van der Waals surface area contributed by atoms with Gasteiger partial charge in [-0.05, 0) is 38.2 Å². The maximum Gasteiger partial charge on any atom is 0.236 e. The molecule has 0 saturated carbocycles. The fraction of sp³-hybridized carbons (Fsp3) is 0.316. The monoisotopic (exact) mass is 350 g/mol. The molecule has 0 aliphatic carbocycles. The van der Waals surface area contributed by atoms with Crippen LogP contribution in [0.15, 0.2) is 42.5 Å². The maximum atomic E-state index is 13.9. The van der Waals surface area contributed by atoms with Crippen LogP contribution in [0.1, 0.15) is 24.1 Å². The summed E-state index contributed by atoms with van der Waals surface area (Å²) in [5, 5.41) is 0. The van der Waals surface area contributed by atoms with Crippen molar-refractivity contribution in [1.82, 2.24) is 9.80 Å². The molecule has 1 atom stereocenters. The Morgan fingerprint density at radius 3 is 2.40 bits per heavy atom. The van der Waals surface area contributed by atoms with E-state index in [4.69, 9.17) is 0 Å². The molecule has 0 aromatic heterocycles. The molecule has 0 radical (unpaired) electrons. The Bertz CT molecular complexity index is 751. The van der Waals surface area contributed by atoms with E-state index in [1.54, 1.807) is 44.1 Å². The van der Waals surface area contributed by atoms with Crippen LogP contribution in [0.2, 0.25) is 0 Å². The third kappa shape index (κ3) is 4.82. The molecule has 6 heteroatoms. The molecule has 2 aromatic rings. The van der Waals surface area contributed by atoms with Crippen molar-refractivity contribution in [3.8, 4) is 0 Å². The van der Waals surface area contributed by atoms with Crippen LogP contribution in [0, 0.1) is 17.5 Å². The highest BCUT2D eigenvalue weighted by Crippen LogP contribution is 2.22. The molecule has 25 heavy (non-hydrogen) atoms. The van der Waals surface area contributed by atoms with Crippen LogP contribution >= 0.6 is 0 Å². The van der Waals surface area contributed by atoms with E-state index in [9.17, 15) is 18.0 Å². The number of hydrogen-bond donors (Lipinski definition) is 0. The first-order valence-corrected chi connectivity index (χ1v) is 7.92. The number of amides is 1. The second kappa shape index (κ2) is 8.16. The molecule has 2 rings (SSSR count). The Labute approximate surface area is 145 Å². The summed E-state index contributed by atoms with van der Waals surface area (Å²) in [6.45, 7) is 1.84. The fourth-order valence-corrected chi connectivity index (χ4v) is 2.51. The number of nitrogens with zero attached hydrogens (tertiary/aromatic N) is 2. The topological polar surface area (TPSA) is 23.6 Å². The van der Waals surface area contributed by atoms with Crippen LogP contribution < -0.4 is 0 Å². The quantitative estimate of drug-likeness (QED) is 0.792. The Morgan fingerprint density at radius 1 is 1.04 bits per heavy atom. The zero-order valence-corrected chi connectivity index (χ0v) is 14.5. The summed E-state index contributed by atoms with van der Waals surface area (Å²) in [5.74, 6) is -1.66. The van der Waals surface area contributed by atoms with Crippen molar-refractivity contribution in [2.75, 3.05) is 20.6 Å². The largest absolute Gasteiger partial charge is 0.340 e. The van der Waals surface area contributed by atoms with Crippen molar-refractivity contribution < 1.29 is 18.0 Å². The highest BCUT2D eigenvalue weighted by Gasteiger charge is 2.20. The first-order chi connectivity index (χ1) is 11.8. The SMILES string of the molecule is CC(c1cc(F)ccc1F)N(C)CC(=O)N(C)Cc1ccccc1F. The van der Waals surface area contributed by atoms with Crippen LogP contribution in [0.5, 0.6) is 0 Å². The van der Waals surface area contributed by atoms with Gasteiger partial charge in [0.1, 0.15) is 17.5 Å². The molecule has 3 nitrogen and oxygen atoms in total. The summed E-state index contributed by atoms with van der Waals surface area (Å²) in [5.41, 5.74) is 0.609. The Hall–Kier alpha value is -2.34. The second-order valence-electron chi connectivity index (χ2n) is 6.10. The van der Waals surface area contributed by atoms with Gasteiger partial charge in [0.15, 0.2) is 0 Å². The number of likely N-dealkylation sites (N-methyl/N-ethyl adjacent to an activating group) is 2. The second-order valence-corrected chi connectivity index (χ2v) is 6.10. The molecule has 0 aliphatic rings. The zero-order chi connectivity index (χ0) is 18.6. The molecule has 2 aromatic carbocycles. The van der Waals surface area contributed by atoms with Gasteiger partial charge < -0.3 is 4.90 Å². The lowest BCUT2D eigenvalue weighted by Crippen LogP contribution is -2.37. The van der Waals surface area contributed by atoms with Crippen molar-refractivity contribution in [3.63, 3.8) is 0 Å². The molecule has 134 valence electrons. The molecule has 0 spiro atoms. The van der Waals surface area contributed by atoms with Gasteiger partial charge in [-0.3, -0.25) is 9.69 Å². The zero-order valence-electron chi connectivity index (χ0n) is 14.5. The maximum absolute atomic E-state index is 13.9. The summed E-state index contributed by atoms with van der Waals surface area (Å²) in [7, 11) is 3.24. The standard InChI is InChI=1S/C19H21F3N2O/c1-13(16-10-15(20)8-9-18(16)22)23(2)12-19(25)24(3)11-14-6-4-5-7-17(14)21/h4-10,13H,11-12H2,1-3H3. The fourth-order valence-electron chi connectivity index (χ4n) is 2.51. The van der Waals surface area contributed by atoms with Gasteiger partial charge in [-0.25, -0.2) is 13.2 Å². The van der Waals surface area contributed by atoms with Gasteiger partial charge in [-0.15, -0.1) is 0 Å². The normalized spacial score (nSPS) is 12.3. The summed E-state index contributed by atoms with van der Waals surface area (Å²) >= 11 is 0. The van der Waals surface area contributed by atoms with Gasteiger partial charge in [0, 0.05) is 30.8 Å². The first kappa shape index (κ1) is 19.0.